The number of hydrogen-bond donors (Lipinski definition) is 1. The molecule has 0 aliphatic carbocycles. The topological polar surface area (TPSA) is 63.2 Å². The number of sulfonamides is 1. The third-order valence-electron chi connectivity index (χ3n) is 2.88. The van der Waals surface area contributed by atoms with Gasteiger partial charge in [0.15, 0.2) is 5.78 Å². The molecule has 0 aliphatic rings. The van der Waals surface area contributed by atoms with Crippen molar-refractivity contribution in [1.29, 1.82) is 0 Å². The van der Waals surface area contributed by atoms with Gasteiger partial charge in [0.25, 0.3) is 0 Å². The van der Waals surface area contributed by atoms with Crippen molar-refractivity contribution in [3.8, 4) is 0 Å². The first-order valence-electron chi connectivity index (χ1n) is 6.15. The first-order chi connectivity index (χ1) is 9.76. The second-order valence-electron chi connectivity index (χ2n) is 4.74. The highest BCUT2D eigenvalue weighted by Gasteiger charge is 2.12. The highest BCUT2D eigenvalue weighted by atomic mass is 32.2. The summed E-state index contributed by atoms with van der Waals surface area (Å²) in [5.41, 5.74) is 1.76. The van der Waals surface area contributed by atoms with Crippen molar-refractivity contribution in [2.45, 2.75) is 6.92 Å². The van der Waals surface area contributed by atoms with E-state index < -0.39 is 15.8 Å². The van der Waals surface area contributed by atoms with Gasteiger partial charge in [-0.2, -0.15) is 0 Å². The van der Waals surface area contributed by atoms with Crippen molar-refractivity contribution in [2.24, 2.45) is 0 Å². The summed E-state index contributed by atoms with van der Waals surface area (Å²) < 4.78 is 37.6. The summed E-state index contributed by atoms with van der Waals surface area (Å²) in [6, 6.07) is 10.0. The monoisotopic (exact) mass is 307 g/mol. The largest absolute Gasteiger partial charge is 0.289 e. The molecule has 0 saturated heterocycles. The van der Waals surface area contributed by atoms with Crippen LogP contribution in [0, 0.1) is 12.7 Å². The zero-order valence-electron chi connectivity index (χ0n) is 11.6. The number of hydrogen-bond acceptors (Lipinski definition) is 3. The van der Waals surface area contributed by atoms with E-state index in [2.05, 4.69) is 4.72 Å². The van der Waals surface area contributed by atoms with E-state index in [0.29, 0.717) is 22.4 Å². The summed E-state index contributed by atoms with van der Waals surface area (Å²) in [7, 11) is -3.35. The van der Waals surface area contributed by atoms with E-state index >= 15 is 0 Å². The van der Waals surface area contributed by atoms with Crippen molar-refractivity contribution in [3.63, 3.8) is 0 Å². The fraction of sp³-hybridized carbons (Fsp3) is 0.133. The Labute approximate surface area is 122 Å². The Morgan fingerprint density at radius 3 is 2.24 bits per heavy atom. The normalized spacial score (nSPS) is 11.2. The molecule has 1 N–H and O–H groups in total. The van der Waals surface area contributed by atoms with Crippen LogP contribution in [0.25, 0.3) is 0 Å². The zero-order chi connectivity index (χ0) is 15.6. The van der Waals surface area contributed by atoms with Gasteiger partial charge in [0.1, 0.15) is 5.82 Å². The molecule has 21 heavy (non-hydrogen) atoms. The van der Waals surface area contributed by atoms with Crippen LogP contribution in [0.4, 0.5) is 10.1 Å². The van der Waals surface area contributed by atoms with Crippen LogP contribution in [-0.4, -0.2) is 20.5 Å². The maximum absolute atomic E-state index is 13.0. The van der Waals surface area contributed by atoms with Crippen molar-refractivity contribution in [2.75, 3.05) is 11.0 Å². The quantitative estimate of drug-likeness (QED) is 0.883. The second-order valence-corrected chi connectivity index (χ2v) is 6.49. The Hall–Kier alpha value is -2.21. The number of carbonyl (C=O) groups is 1. The molecule has 4 nitrogen and oxygen atoms in total. The van der Waals surface area contributed by atoms with E-state index in [0.717, 1.165) is 6.26 Å². The molecule has 0 amide bonds. The molecule has 0 bridgehead atoms. The molecule has 0 heterocycles. The molecule has 0 atom stereocenters. The van der Waals surface area contributed by atoms with Gasteiger partial charge in [-0.1, -0.05) is 0 Å². The molecule has 2 aromatic carbocycles. The average molecular weight is 307 g/mol. The Balaban J connectivity index is 2.28. The number of halogens is 1. The lowest BCUT2D eigenvalue weighted by molar-refractivity contribution is 0.103. The Morgan fingerprint density at radius 2 is 1.71 bits per heavy atom. The van der Waals surface area contributed by atoms with Crippen LogP contribution < -0.4 is 4.72 Å². The summed E-state index contributed by atoms with van der Waals surface area (Å²) >= 11 is 0. The van der Waals surface area contributed by atoms with Crippen LogP contribution in [-0.2, 0) is 10.0 Å². The summed E-state index contributed by atoms with van der Waals surface area (Å²) in [4.78, 5) is 12.3. The van der Waals surface area contributed by atoms with Crippen LogP contribution in [0.15, 0.2) is 42.5 Å². The van der Waals surface area contributed by atoms with E-state index in [-0.39, 0.29) is 5.78 Å². The van der Waals surface area contributed by atoms with Gasteiger partial charge < -0.3 is 0 Å². The van der Waals surface area contributed by atoms with Gasteiger partial charge in [0.05, 0.1) is 6.26 Å². The highest BCUT2D eigenvalue weighted by Crippen LogP contribution is 2.17. The van der Waals surface area contributed by atoms with E-state index in [1.165, 1.54) is 42.5 Å². The molecule has 0 aromatic heterocycles. The summed E-state index contributed by atoms with van der Waals surface area (Å²) in [6.07, 6.45) is 1.05. The number of anilines is 1. The highest BCUT2D eigenvalue weighted by molar-refractivity contribution is 7.92. The second kappa shape index (κ2) is 5.65. The number of carbonyl (C=O) groups excluding carboxylic acids is 1. The molecule has 0 saturated carbocycles. The minimum atomic E-state index is -3.35. The van der Waals surface area contributed by atoms with Gasteiger partial charge >= 0.3 is 0 Å². The number of aryl methyl sites for hydroxylation is 1. The lowest BCUT2D eigenvalue weighted by Crippen LogP contribution is -2.10. The van der Waals surface area contributed by atoms with Crippen LogP contribution >= 0.6 is 0 Å². The molecule has 0 spiro atoms. The smallest absolute Gasteiger partial charge is 0.229 e. The molecule has 0 unspecified atom stereocenters. The Kier molecular flexibility index (Phi) is 4.09. The van der Waals surface area contributed by atoms with Crippen LogP contribution in [0.2, 0.25) is 0 Å². The van der Waals surface area contributed by atoms with Crippen molar-refractivity contribution in [1.82, 2.24) is 0 Å². The SMILES string of the molecule is Cc1cc(F)ccc1C(=O)c1ccc(NS(C)(=O)=O)cc1. The molecular formula is C15H14FNO3S. The third kappa shape index (κ3) is 3.88. The number of nitrogens with one attached hydrogen (secondary N) is 1. The molecule has 2 aromatic rings. The maximum Gasteiger partial charge on any atom is 0.229 e. The molecule has 6 heteroatoms. The van der Waals surface area contributed by atoms with E-state index in [1.807, 2.05) is 0 Å². The molecule has 110 valence electrons. The lowest BCUT2D eigenvalue weighted by atomic mass is 9.99. The minimum absolute atomic E-state index is 0.238. The fourth-order valence-corrected chi connectivity index (χ4v) is 2.51. The van der Waals surface area contributed by atoms with Crippen LogP contribution in [0.1, 0.15) is 21.5 Å². The maximum atomic E-state index is 13.0. The minimum Gasteiger partial charge on any atom is -0.289 e. The number of ketones is 1. The first kappa shape index (κ1) is 15.2. The van der Waals surface area contributed by atoms with Gasteiger partial charge in [-0.15, -0.1) is 0 Å². The first-order valence-corrected chi connectivity index (χ1v) is 8.04. The Bertz CT molecular complexity index is 783. The van der Waals surface area contributed by atoms with E-state index in [4.69, 9.17) is 0 Å². The van der Waals surface area contributed by atoms with E-state index in [1.54, 1.807) is 6.92 Å². The fourth-order valence-electron chi connectivity index (χ4n) is 1.94. The molecule has 2 rings (SSSR count). The molecular weight excluding hydrogens is 293 g/mol. The summed E-state index contributed by atoms with van der Waals surface area (Å²) in [6.45, 7) is 1.66. The van der Waals surface area contributed by atoms with E-state index in [9.17, 15) is 17.6 Å². The predicted molar refractivity (Wildman–Crippen MR) is 79.5 cm³/mol. The van der Waals surface area contributed by atoms with Crippen LogP contribution in [0.5, 0.6) is 0 Å². The zero-order valence-corrected chi connectivity index (χ0v) is 12.4. The van der Waals surface area contributed by atoms with Gasteiger partial charge in [0, 0.05) is 16.8 Å². The van der Waals surface area contributed by atoms with Crippen molar-refractivity contribution >= 4 is 21.5 Å². The average Bonchev–Trinajstić information content (AvgIpc) is 2.37. The molecule has 0 aliphatic heterocycles. The van der Waals surface area contributed by atoms with Gasteiger partial charge in [-0.3, -0.25) is 9.52 Å². The molecule has 0 radical (unpaired) electrons. The van der Waals surface area contributed by atoms with Crippen molar-refractivity contribution in [3.05, 3.63) is 65.0 Å². The lowest BCUT2D eigenvalue weighted by Gasteiger charge is -2.07. The number of benzene rings is 2. The Morgan fingerprint density at radius 1 is 1.10 bits per heavy atom. The third-order valence-corrected chi connectivity index (χ3v) is 3.49. The summed E-state index contributed by atoms with van der Waals surface area (Å²) in [5, 5.41) is 0. The standard InChI is InChI=1S/C15H14FNO3S/c1-10-9-12(16)5-8-14(10)15(18)11-3-6-13(7-4-11)17-21(2,19)20/h3-9,17H,1-2H3. The van der Waals surface area contributed by atoms with Crippen molar-refractivity contribution < 1.29 is 17.6 Å². The predicted octanol–water partition coefficient (Wildman–Crippen LogP) is 2.74. The summed E-state index contributed by atoms with van der Waals surface area (Å²) in [5.74, 6) is -0.629. The van der Waals surface area contributed by atoms with Gasteiger partial charge in [0.2, 0.25) is 10.0 Å². The number of rotatable bonds is 4. The van der Waals surface area contributed by atoms with Gasteiger partial charge in [-0.05, 0) is 55.0 Å². The van der Waals surface area contributed by atoms with Gasteiger partial charge in [-0.25, -0.2) is 12.8 Å². The van der Waals surface area contributed by atoms with Crippen LogP contribution in [0.3, 0.4) is 0 Å². The molecule has 0 fully saturated rings.